The monoisotopic (exact) mass is 355 g/mol. The lowest BCUT2D eigenvalue weighted by Gasteiger charge is -2.12. The van der Waals surface area contributed by atoms with Crippen LogP contribution in [0.3, 0.4) is 0 Å². The van der Waals surface area contributed by atoms with E-state index in [0.717, 1.165) is 22.2 Å². The van der Waals surface area contributed by atoms with Gasteiger partial charge in [0.15, 0.2) is 11.5 Å². The third-order valence-corrected chi connectivity index (χ3v) is 4.69. The molecular weight excluding hydrogens is 342 g/mol. The Morgan fingerprint density at radius 2 is 1.84 bits per heavy atom. The van der Waals surface area contributed by atoms with E-state index in [1.165, 1.54) is 0 Å². The average molecular weight is 355 g/mol. The van der Waals surface area contributed by atoms with Crippen LogP contribution in [-0.4, -0.2) is 25.0 Å². The largest absolute Gasteiger partial charge is 0.497 e. The van der Waals surface area contributed by atoms with Crippen molar-refractivity contribution in [2.75, 3.05) is 18.8 Å². The summed E-state index contributed by atoms with van der Waals surface area (Å²) in [6.07, 6.45) is 1.68. The van der Waals surface area contributed by atoms with Crippen molar-refractivity contribution < 1.29 is 23.8 Å². The number of thioether (sulfide) groups is 1. The summed E-state index contributed by atoms with van der Waals surface area (Å²) in [5, 5.41) is -0.331. The topological polar surface area (TPSA) is 65.1 Å². The van der Waals surface area contributed by atoms with Crippen molar-refractivity contribution in [1.82, 2.24) is 0 Å². The number of carbonyl (C=O) groups excluding carboxylic acids is 2. The zero-order valence-corrected chi connectivity index (χ0v) is 14.0. The van der Waals surface area contributed by atoms with Crippen molar-refractivity contribution in [3.63, 3.8) is 0 Å². The van der Waals surface area contributed by atoms with Gasteiger partial charge in [0.2, 0.25) is 6.79 Å². The second-order valence-corrected chi connectivity index (χ2v) is 6.32. The fraction of sp³-hybridized carbons (Fsp3) is 0.111. The SMILES string of the molecule is COc1ccc(N2C(=O)S/C(=C\c3ccc4c(c3)OCO4)C2=O)cc1. The van der Waals surface area contributed by atoms with Crippen LogP contribution in [-0.2, 0) is 4.79 Å². The van der Waals surface area contributed by atoms with Crippen LogP contribution in [0.25, 0.3) is 6.08 Å². The Kier molecular flexibility index (Phi) is 3.85. The molecule has 1 fully saturated rings. The van der Waals surface area contributed by atoms with Gasteiger partial charge >= 0.3 is 0 Å². The van der Waals surface area contributed by atoms with E-state index < -0.39 is 0 Å². The fourth-order valence-corrected chi connectivity index (χ4v) is 3.42. The summed E-state index contributed by atoms with van der Waals surface area (Å²) in [5.74, 6) is 1.61. The molecule has 2 heterocycles. The van der Waals surface area contributed by atoms with Gasteiger partial charge in [0, 0.05) is 0 Å². The van der Waals surface area contributed by atoms with Crippen LogP contribution in [0.15, 0.2) is 47.4 Å². The van der Waals surface area contributed by atoms with Gasteiger partial charge in [-0.15, -0.1) is 0 Å². The fourth-order valence-electron chi connectivity index (χ4n) is 2.58. The smallest absolute Gasteiger partial charge is 0.298 e. The third kappa shape index (κ3) is 2.83. The van der Waals surface area contributed by atoms with Gasteiger partial charge in [0.05, 0.1) is 17.7 Å². The predicted octanol–water partition coefficient (Wildman–Crippen LogP) is 3.66. The van der Waals surface area contributed by atoms with Gasteiger partial charge in [-0.25, -0.2) is 4.90 Å². The molecule has 0 aliphatic carbocycles. The summed E-state index contributed by atoms with van der Waals surface area (Å²) in [4.78, 5) is 26.4. The van der Waals surface area contributed by atoms with Crippen LogP contribution in [0.5, 0.6) is 17.2 Å². The second kappa shape index (κ2) is 6.18. The Bertz CT molecular complexity index is 891. The standard InChI is InChI=1S/C18H13NO5S/c1-22-13-5-3-12(4-6-13)19-17(20)16(25-18(19)21)9-11-2-7-14-15(8-11)24-10-23-14/h2-9H,10H2,1H3/b16-9-. The van der Waals surface area contributed by atoms with Gasteiger partial charge in [-0.3, -0.25) is 9.59 Å². The highest BCUT2D eigenvalue weighted by molar-refractivity contribution is 8.19. The minimum absolute atomic E-state index is 0.187. The summed E-state index contributed by atoms with van der Waals surface area (Å²) < 4.78 is 15.7. The Morgan fingerprint density at radius 1 is 1.08 bits per heavy atom. The molecule has 4 rings (SSSR count). The van der Waals surface area contributed by atoms with Crippen LogP contribution < -0.4 is 19.1 Å². The number of imide groups is 1. The number of rotatable bonds is 3. The van der Waals surface area contributed by atoms with Gasteiger partial charge in [0.25, 0.3) is 11.1 Å². The van der Waals surface area contributed by atoms with Crippen LogP contribution in [0.4, 0.5) is 10.5 Å². The quantitative estimate of drug-likeness (QED) is 0.783. The second-order valence-electron chi connectivity index (χ2n) is 5.33. The number of nitrogens with zero attached hydrogens (tertiary/aromatic N) is 1. The number of hydrogen-bond donors (Lipinski definition) is 0. The number of anilines is 1. The van der Waals surface area contributed by atoms with E-state index >= 15 is 0 Å². The maximum absolute atomic E-state index is 12.6. The maximum atomic E-state index is 12.6. The molecule has 0 atom stereocenters. The lowest BCUT2D eigenvalue weighted by atomic mass is 10.2. The zero-order valence-electron chi connectivity index (χ0n) is 13.2. The van der Waals surface area contributed by atoms with Crippen molar-refractivity contribution >= 4 is 34.7 Å². The lowest BCUT2D eigenvalue weighted by molar-refractivity contribution is -0.113. The van der Waals surface area contributed by atoms with Gasteiger partial charge in [-0.2, -0.15) is 0 Å². The molecule has 0 spiro atoms. The predicted molar refractivity (Wildman–Crippen MR) is 94.0 cm³/mol. The molecule has 7 heteroatoms. The molecule has 2 aliphatic rings. The molecule has 1 saturated heterocycles. The normalized spacial score (nSPS) is 17.5. The van der Waals surface area contributed by atoms with Crippen LogP contribution in [0.1, 0.15) is 5.56 Å². The van der Waals surface area contributed by atoms with Gasteiger partial charge in [-0.05, 0) is 59.8 Å². The average Bonchev–Trinajstić information content (AvgIpc) is 3.19. The number of ether oxygens (including phenoxy) is 3. The first kappa shape index (κ1) is 15.6. The number of fused-ring (bicyclic) bond motifs is 1. The summed E-state index contributed by atoms with van der Waals surface area (Å²) >= 11 is 0.910. The van der Waals surface area contributed by atoms with E-state index in [1.807, 2.05) is 6.07 Å². The molecule has 0 bridgehead atoms. The zero-order chi connectivity index (χ0) is 17.4. The summed E-state index contributed by atoms with van der Waals surface area (Å²) in [6.45, 7) is 0.187. The van der Waals surface area contributed by atoms with Crippen LogP contribution >= 0.6 is 11.8 Å². The minimum Gasteiger partial charge on any atom is -0.497 e. The van der Waals surface area contributed by atoms with E-state index in [1.54, 1.807) is 49.6 Å². The molecule has 0 saturated carbocycles. The van der Waals surface area contributed by atoms with E-state index in [4.69, 9.17) is 14.2 Å². The lowest BCUT2D eigenvalue weighted by Crippen LogP contribution is -2.27. The van der Waals surface area contributed by atoms with E-state index in [2.05, 4.69) is 0 Å². The first-order valence-corrected chi connectivity index (χ1v) is 8.29. The molecule has 6 nitrogen and oxygen atoms in total. The molecule has 0 unspecified atom stereocenters. The van der Waals surface area contributed by atoms with E-state index in [9.17, 15) is 9.59 Å². The Morgan fingerprint density at radius 3 is 2.60 bits per heavy atom. The highest BCUT2D eigenvalue weighted by Crippen LogP contribution is 2.38. The summed E-state index contributed by atoms with van der Waals surface area (Å²) in [5.41, 5.74) is 1.28. The van der Waals surface area contributed by atoms with Gasteiger partial charge < -0.3 is 14.2 Å². The van der Waals surface area contributed by atoms with Gasteiger partial charge in [-0.1, -0.05) is 6.07 Å². The molecule has 126 valence electrons. The Labute approximate surface area is 148 Å². The molecule has 2 aromatic rings. The van der Waals surface area contributed by atoms with E-state index in [-0.39, 0.29) is 17.9 Å². The molecular formula is C18H13NO5S. The first-order valence-electron chi connectivity index (χ1n) is 7.47. The number of methoxy groups -OCH3 is 1. The highest BCUT2D eigenvalue weighted by atomic mass is 32.2. The van der Waals surface area contributed by atoms with Crippen LogP contribution in [0, 0.1) is 0 Å². The maximum Gasteiger partial charge on any atom is 0.298 e. The van der Waals surface area contributed by atoms with Crippen molar-refractivity contribution in [1.29, 1.82) is 0 Å². The van der Waals surface area contributed by atoms with Crippen molar-refractivity contribution in [3.8, 4) is 17.2 Å². The van der Waals surface area contributed by atoms with Crippen LogP contribution in [0.2, 0.25) is 0 Å². The Hall–Kier alpha value is -2.93. The molecule has 25 heavy (non-hydrogen) atoms. The first-order chi connectivity index (χ1) is 12.2. The number of benzene rings is 2. The third-order valence-electron chi connectivity index (χ3n) is 3.82. The molecule has 0 aromatic heterocycles. The summed E-state index contributed by atoms with van der Waals surface area (Å²) in [7, 11) is 1.56. The van der Waals surface area contributed by atoms with Crippen molar-refractivity contribution in [2.24, 2.45) is 0 Å². The molecule has 2 aromatic carbocycles. The summed E-state index contributed by atoms with van der Waals surface area (Å²) in [6, 6.07) is 12.2. The number of carbonyl (C=O) groups is 2. The molecule has 0 N–H and O–H groups in total. The van der Waals surface area contributed by atoms with Crippen molar-refractivity contribution in [2.45, 2.75) is 0 Å². The molecule has 2 aliphatic heterocycles. The van der Waals surface area contributed by atoms with Gasteiger partial charge in [0.1, 0.15) is 5.75 Å². The van der Waals surface area contributed by atoms with E-state index in [0.29, 0.717) is 27.8 Å². The molecule has 0 radical (unpaired) electrons. The Balaban J connectivity index is 1.62. The minimum atomic E-state index is -0.349. The number of hydrogen-bond acceptors (Lipinski definition) is 6. The highest BCUT2D eigenvalue weighted by Gasteiger charge is 2.36. The van der Waals surface area contributed by atoms with Crippen molar-refractivity contribution in [3.05, 3.63) is 52.9 Å². The molecule has 2 amide bonds. The number of amides is 2.